The monoisotopic (exact) mass is 394 g/mol. The Morgan fingerprint density at radius 2 is 1.69 bits per heavy atom. The first-order chi connectivity index (χ1) is 14.1. The minimum atomic E-state index is 0.0918. The molecule has 0 spiro atoms. The van der Waals surface area contributed by atoms with Gasteiger partial charge in [-0.1, -0.05) is 18.2 Å². The van der Waals surface area contributed by atoms with E-state index in [1.165, 1.54) is 11.4 Å². The summed E-state index contributed by atoms with van der Waals surface area (Å²) in [6.07, 6.45) is 0.530. The van der Waals surface area contributed by atoms with Gasteiger partial charge in [0.1, 0.15) is 0 Å². The fourth-order valence-electron chi connectivity index (χ4n) is 3.91. The van der Waals surface area contributed by atoms with E-state index in [1.807, 2.05) is 6.07 Å². The summed E-state index contributed by atoms with van der Waals surface area (Å²) in [6, 6.07) is 16.8. The van der Waals surface area contributed by atoms with Crippen molar-refractivity contribution < 1.29 is 4.79 Å². The van der Waals surface area contributed by atoms with Crippen LogP contribution in [0.1, 0.15) is 25.8 Å². The van der Waals surface area contributed by atoms with Crippen LogP contribution in [0.25, 0.3) is 0 Å². The van der Waals surface area contributed by atoms with E-state index in [1.54, 1.807) is 0 Å². The maximum atomic E-state index is 12.5. The number of nitrogens with one attached hydrogen (secondary N) is 1. The van der Waals surface area contributed by atoms with Crippen molar-refractivity contribution in [3.05, 3.63) is 54.1 Å². The molecule has 0 radical (unpaired) electrons. The predicted molar refractivity (Wildman–Crippen MR) is 123 cm³/mol. The molecule has 3 rings (SSSR count). The number of anilines is 3. The van der Waals surface area contributed by atoms with E-state index in [0.717, 1.165) is 57.1 Å². The number of benzene rings is 2. The van der Waals surface area contributed by atoms with E-state index in [2.05, 4.69) is 83.3 Å². The van der Waals surface area contributed by atoms with Gasteiger partial charge in [-0.05, 0) is 56.7 Å². The minimum Gasteiger partial charge on any atom is -0.372 e. The molecule has 5 nitrogen and oxygen atoms in total. The largest absolute Gasteiger partial charge is 0.372 e. The molecule has 2 aromatic carbocycles. The molecule has 156 valence electrons. The Balaban J connectivity index is 1.45. The second-order valence-corrected chi connectivity index (χ2v) is 7.63. The van der Waals surface area contributed by atoms with Gasteiger partial charge in [0.05, 0.1) is 0 Å². The number of carbonyl (C=O) groups is 1. The van der Waals surface area contributed by atoms with Gasteiger partial charge in [0, 0.05) is 69.3 Å². The number of carbonyl (C=O) groups excluding carboxylic acids is 1. The van der Waals surface area contributed by atoms with Crippen LogP contribution in [-0.2, 0) is 4.79 Å². The Morgan fingerprint density at radius 1 is 1.00 bits per heavy atom. The van der Waals surface area contributed by atoms with Gasteiger partial charge in [0.25, 0.3) is 0 Å². The molecule has 0 bridgehead atoms. The average Bonchev–Trinajstić information content (AvgIpc) is 2.76. The SMILES string of the molecule is CCN(CC)c1ccc(NC(=O)CCN2CCN(c3ccccc3)CC2)c(C)c1. The van der Waals surface area contributed by atoms with Crippen molar-refractivity contribution >= 4 is 23.0 Å². The normalized spacial score (nSPS) is 14.7. The molecule has 1 heterocycles. The number of amides is 1. The summed E-state index contributed by atoms with van der Waals surface area (Å²) >= 11 is 0. The van der Waals surface area contributed by atoms with Crippen molar-refractivity contribution in [2.45, 2.75) is 27.2 Å². The van der Waals surface area contributed by atoms with Gasteiger partial charge in [-0.15, -0.1) is 0 Å². The van der Waals surface area contributed by atoms with Gasteiger partial charge in [0.15, 0.2) is 0 Å². The predicted octanol–water partition coefficient (Wildman–Crippen LogP) is 3.99. The first kappa shape index (κ1) is 21.2. The van der Waals surface area contributed by atoms with Crippen LogP contribution in [0.2, 0.25) is 0 Å². The highest BCUT2D eigenvalue weighted by Gasteiger charge is 2.18. The summed E-state index contributed by atoms with van der Waals surface area (Å²) in [5.41, 5.74) is 4.52. The lowest BCUT2D eigenvalue weighted by Crippen LogP contribution is -2.47. The molecule has 2 aromatic rings. The lowest BCUT2D eigenvalue weighted by atomic mass is 10.1. The van der Waals surface area contributed by atoms with E-state index in [4.69, 9.17) is 0 Å². The minimum absolute atomic E-state index is 0.0918. The molecule has 1 N–H and O–H groups in total. The van der Waals surface area contributed by atoms with Gasteiger partial charge in [0.2, 0.25) is 5.91 Å². The smallest absolute Gasteiger partial charge is 0.225 e. The lowest BCUT2D eigenvalue weighted by molar-refractivity contribution is -0.116. The average molecular weight is 395 g/mol. The summed E-state index contributed by atoms with van der Waals surface area (Å²) < 4.78 is 0. The summed E-state index contributed by atoms with van der Waals surface area (Å²) in [7, 11) is 0. The molecule has 29 heavy (non-hydrogen) atoms. The number of aryl methyl sites for hydroxylation is 1. The van der Waals surface area contributed by atoms with Crippen LogP contribution in [0.4, 0.5) is 17.1 Å². The second kappa shape index (κ2) is 10.3. The molecule has 1 saturated heterocycles. The van der Waals surface area contributed by atoms with Crippen LogP contribution in [-0.4, -0.2) is 56.6 Å². The van der Waals surface area contributed by atoms with Crippen LogP contribution in [0, 0.1) is 6.92 Å². The van der Waals surface area contributed by atoms with Crippen molar-refractivity contribution in [1.82, 2.24) is 4.90 Å². The Labute approximate surface area is 175 Å². The highest BCUT2D eigenvalue weighted by molar-refractivity contribution is 5.91. The molecule has 1 aliphatic rings. The van der Waals surface area contributed by atoms with Crippen LogP contribution in [0.15, 0.2) is 48.5 Å². The Morgan fingerprint density at radius 3 is 2.31 bits per heavy atom. The van der Waals surface area contributed by atoms with Crippen LogP contribution in [0.5, 0.6) is 0 Å². The molecule has 5 heteroatoms. The molecule has 0 aromatic heterocycles. The molecule has 0 saturated carbocycles. The number of hydrogen-bond acceptors (Lipinski definition) is 4. The van der Waals surface area contributed by atoms with E-state index >= 15 is 0 Å². The summed E-state index contributed by atoms with van der Waals surface area (Å²) in [5.74, 6) is 0.0918. The zero-order chi connectivity index (χ0) is 20.6. The Hall–Kier alpha value is -2.53. The quantitative estimate of drug-likeness (QED) is 0.735. The van der Waals surface area contributed by atoms with Gasteiger partial charge in [-0.25, -0.2) is 0 Å². The Kier molecular flexibility index (Phi) is 7.53. The molecular formula is C24H34N4O. The standard InChI is InChI=1S/C24H34N4O/c1-4-27(5-2)22-11-12-23(20(3)19-22)25-24(29)13-14-26-15-17-28(18-16-26)21-9-7-6-8-10-21/h6-12,19H,4-5,13-18H2,1-3H3,(H,25,29). The summed E-state index contributed by atoms with van der Waals surface area (Å²) in [5, 5.41) is 3.09. The zero-order valence-corrected chi connectivity index (χ0v) is 18.0. The molecule has 1 aliphatic heterocycles. The van der Waals surface area contributed by atoms with Crippen molar-refractivity contribution in [3.8, 4) is 0 Å². The highest BCUT2D eigenvalue weighted by atomic mass is 16.1. The number of para-hydroxylation sites is 1. The van der Waals surface area contributed by atoms with E-state index in [-0.39, 0.29) is 5.91 Å². The maximum Gasteiger partial charge on any atom is 0.225 e. The van der Waals surface area contributed by atoms with Crippen molar-refractivity contribution in [2.75, 3.05) is 60.9 Å². The first-order valence-corrected chi connectivity index (χ1v) is 10.8. The molecule has 1 amide bonds. The summed E-state index contributed by atoms with van der Waals surface area (Å²) in [6.45, 7) is 13.2. The maximum absolute atomic E-state index is 12.5. The lowest BCUT2D eigenvalue weighted by Gasteiger charge is -2.36. The third-order valence-electron chi connectivity index (χ3n) is 5.76. The van der Waals surface area contributed by atoms with Crippen LogP contribution >= 0.6 is 0 Å². The van der Waals surface area contributed by atoms with Gasteiger partial charge in [-0.2, -0.15) is 0 Å². The van der Waals surface area contributed by atoms with Crippen molar-refractivity contribution in [1.29, 1.82) is 0 Å². The first-order valence-electron chi connectivity index (χ1n) is 10.8. The Bertz CT molecular complexity index is 781. The third kappa shape index (κ3) is 5.73. The molecule has 0 atom stereocenters. The van der Waals surface area contributed by atoms with Crippen molar-refractivity contribution in [3.63, 3.8) is 0 Å². The summed E-state index contributed by atoms with van der Waals surface area (Å²) in [4.78, 5) is 19.6. The third-order valence-corrected chi connectivity index (χ3v) is 5.76. The van der Waals surface area contributed by atoms with E-state index in [9.17, 15) is 4.79 Å². The van der Waals surface area contributed by atoms with Gasteiger partial charge < -0.3 is 15.1 Å². The van der Waals surface area contributed by atoms with E-state index in [0.29, 0.717) is 6.42 Å². The number of hydrogen-bond donors (Lipinski definition) is 1. The molecule has 1 fully saturated rings. The highest BCUT2D eigenvalue weighted by Crippen LogP contribution is 2.23. The topological polar surface area (TPSA) is 38.8 Å². The zero-order valence-electron chi connectivity index (χ0n) is 18.0. The molecule has 0 aliphatic carbocycles. The van der Waals surface area contributed by atoms with E-state index < -0.39 is 0 Å². The van der Waals surface area contributed by atoms with Crippen LogP contribution in [0.3, 0.4) is 0 Å². The number of rotatable bonds is 8. The second-order valence-electron chi connectivity index (χ2n) is 7.63. The van der Waals surface area contributed by atoms with Gasteiger partial charge in [-0.3, -0.25) is 9.69 Å². The molecule has 0 unspecified atom stereocenters. The number of nitrogens with zero attached hydrogens (tertiary/aromatic N) is 3. The fourth-order valence-corrected chi connectivity index (χ4v) is 3.91. The molecular weight excluding hydrogens is 360 g/mol. The fraction of sp³-hybridized carbons (Fsp3) is 0.458. The van der Waals surface area contributed by atoms with Gasteiger partial charge >= 0.3 is 0 Å². The number of piperazine rings is 1. The van der Waals surface area contributed by atoms with Crippen LogP contribution < -0.4 is 15.1 Å². The van der Waals surface area contributed by atoms with Crippen molar-refractivity contribution in [2.24, 2.45) is 0 Å².